The van der Waals surface area contributed by atoms with Gasteiger partial charge in [-0.15, -0.1) is 0 Å². The van der Waals surface area contributed by atoms with Crippen LogP contribution in [0, 0.1) is 11.3 Å². The van der Waals surface area contributed by atoms with E-state index in [-0.39, 0.29) is 6.04 Å². The molecule has 0 bridgehead atoms. The minimum absolute atomic E-state index is 0.0239. The Morgan fingerprint density at radius 2 is 2.12 bits per heavy atom. The number of nitrogens with zero attached hydrogens (tertiary/aromatic N) is 2. The van der Waals surface area contributed by atoms with Gasteiger partial charge in [-0.2, -0.15) is 5.26 Å². The molecule has 2 atom stereocenters. The molecule has 1 fully saturated rings. The first-order chi connectivity index (χ1) is 7.50. The smallest absolute Gasteiger partial charge is 0.230 e. The van der Waals surface area contributed by atoms with Crippen LogP contribution in [-0.2, 0) is 10.0 Å². The van der Waals surface area contributed by atoms with E-state index in [4.69, 9.17) is 5.26 Å². The standard InChI is InChI=1S/C10H19N3O2S/c1-9(8-11)16(14,15)13(2)10-4-3-6-12-7-5-10/h9-10,12H,3-7H2,1-2H3. The second kappa shape index (κ2) is 5.62. The molecule has 0 aromatic rings. The van der Waals surface area contributed by atoms with Crippen molar-refractivity contribution in [2.45, 2.75) is 37.5 Å². The molecule has 1 heterocycles. The van der Waals surface area contributed by atoms with Crippen molar-refractivity contribution < 1.29 is 8.42 Å². The van der Waals surface area contributed by atoms with Crippen LogP contribution in [0.5, 0.6) is 0 Å². The van der Waals surface area contributed by atoms with Crippen molar-refractivity contribution in [2.24, 2.45) is 0 Å². The fourth-order valence-corrected chi connectivity index (χ4v) is 3.15. The summed E-state index contributed by atoms with van der Waals surface area (Å²) in [6.45, 7) is 3.21. The summed E-state index contributed by atoms with van der Waals surface area (Å²) in [5.41, 5.74) is 0. The van der Waals surface area contributed by atoms with Crippen molar-refractivity contribution in [1.82, 2.24) is 9.62 Å². The molecule has 0 radical (unpaired) electrons. The highest BCUT2D eigenvalue weighted by molar-refractivity contribution is 7.89. The summed E-state index contributed by atoms with van der Waals surface area (Å²) in [4.78, 5) is 0. The quantitative estimate of drug-likeness (QED) is 0.776. The van der Waals surface area contributed by atoms with Gasteiger partial charge in [-0.3, -0.25) is 0 Å². The lowest BCUT2D eigenvalue weighted by Crippen LogP contribution is -2.41. The number of sulfonamides is 1. The first kappa shape index (κ1) is 13.4. The van der Waals surface area contributed by atoms with E-state index >= 15 is 0 Å². The van der Waals surface area contributed by atoms with Crippen LogP contribution in [0.3, 0.4) is 0 Å². The summed E-state index contributed by atoms with van der Waals surface area (Å²) in [5, 5.41) is 11.0. The van der Waals surface area contributed by atoms with Crippen molar-refractivity contribution in [3.63, 3.8) is 0 Å². The highest BCUT2D eigenvalue weighted by atomic mass is 32.2. The summed E-state index contributed by atoms with van der Waals surface area (Å²) >= 11 is 0. The van der Waals surface area contributed by atoms with E-state index in [2.05, 4.69) is 5.32 Å². The average molecular weight is 245 g/mol. The third-order valence-electron chi connectivity index (χ3n) is 3.09. The Balaban J connectivity index is 2.76. The molecule has 0 amide bonds. The maximum atomic E-state index is 12.0. The topological polar surface area (TPSA) is 73.2 Å². The first-order valence-corrected chi connectivity index (χ1v) is 7.07. The van der Waals surface area contributed by atoms with E-state index in [0.717, 1.165) is 32.4 Å². The second-order valence-corrected chi connectivity index (χ2v) is 6.48. The molecule has 0 aromatic heterocycles. The Kier molecular flexibility index (Phi) is 4.71. The SMILES string of the molecule is CC(C#N)S(=O)(=O)N(C)C1CCCNCC1. The molecule has 1 N–H and O–H groups in total. The van der Waals surface area contributed by atoms with Gasteiger partial charge in [0, 0.05) is 13.1 Å². The lowest BCUT2D eigenvalue weighted by molar-refractivity contribution is 0.340. The van der Waals surface area contributed by atoms with Crippen LogP contribution >= 0.6 is 0 Å². The zero-order valence-electron chi connectivity index (χ0n) is 9.81. The molecule has 0 aliphatic carbocycles. The molecule has 1 aliphatic rings. The van der Waals surface area contributed by atoms with Crippen molar-refractivity contribution in [1.29, 1.82) is 5.26 Å². The fourth-order valence-electron chi connectivity index (χ4n) is 1.89. The van der Waals surface area contributed by atoms with Crippen LogP contribution in [0.15, 0.2) is 0 Å². The molecule has 1 aliphatic heterocycles. The minimum atomic E-state index is -3.46. The Bertz CT molecular complexity index is 353. The first-order valence-electron chi connectivity index (χ1n) is 5.57. The normalized spacial score (nSPS) is 24.8. The minimum Gasteiger partial charge on any atom is -0.317 e. The maximum absolute atomic E-state index is 12.0. The largest absolute Gasteiger partial charge is 0.317 e. The third kappa shape index (κ3) is 2.94. The van der Waals surface area contributed by atoms with Crippen molar-refractivity contribution in [3.05, 3.63) is 0 Å². The van der Waals surface area contributed by atoms with Crippen LogP contribution < -0.4 is 5.32 Å². The van der Waals surface area contributed by atoms with E-state index in [1.165, 1.54) is 11.2 Å². The van der Waals surface area contributed by atoms with Gasteiger partial charge in [0.15, 0.2) is 5.25 Å². The third-order valence-corrected chi connectivity index (χ3v) is 5.19. The van der Waals surface area contributed by atoms with Crippen molar-refractivity contribution in [2.75, 3.05) is 20.1 Å². The zero-order valence-corrected chi connectivity index (χ0v) is 10.6. The van der Waals surface area contributed by atoms with Gasteiger partial charge in [0.05, 0.1) is 6.07 Å². The highest BCUT2D eigenvalue weighted by Gasteiger charge is 2.31. The van der Waals surface area contributed by atoms with Crippen molar-refractivity contribution in [3.8, 4) is 6.07 Å². The van der Waals surface area contributed by atoms with Crippen molar-refractivity contribution >= 4 is 10.0 Å². The van der Waals surface area contributed by atoms with Gasteiger partial charge in [-0.25, -0.2) is 12.7 Å². The van der Waals surface area contributed by atoms with Crippen LogP contribution in [0.1, 0.15) is 26.2 Å². The Morgan fingerprint density at radius 3 is 2.75 bits per heavy atom. The monoisotopic (exact) mass is 245 g/mol. The van der Waals surface area contributed by atoms with Gasteiger partial charge >= 0.3 is 0 Å². The molecular formula is C10H19N3O2S. The van der Waals surface area contributed by atoms with E-state index in [1.807, 2.05) is 0 Å². The summed E-state index contributed by atoms with van der Waals surface area (Å²) in [6, 6.07) is 1.82. The summed E-state index contributed by atoms with van der Waals surface area (Å²) < 4.78 is 25.3. The van der Waals surface area contributed by atoms with Crippen LogP contribution in [0.2, 0.25) is 0 Å². The average Bonchev–Trinajstić information content (AvgIpc) is 2.55. The van der Waals surface area contributed by atoms with Gasteiger partial charge in [0.25, 0.3) is 0 Å². The highest BCUT2D eigenvalue weighted by Crippen LogP contribution is 2.17. The van der Waals surface area contributed by atoms with E-state index in [1.54, 1.807) is 13.1 Å². The Morgan fingerprint density at radius 1 is 1.44 bits per heavy atom. The number of nitrogens with one attached hydrogen (secondary N) is 1. The molecule has 0 saturated carbocycles. The molecular weight excluding hydrogens is 226 g/mol. The van der Waals surface area contributed by atoms with Crippen LogP contribution in [0.25, 0.3) is 0 Å². The Labute approximate surface area is 97.5 Å². The number of rotatable bonds is 3. The summed E-state index contributed by atoms with van der Waals surface area (Å²) in [7, 11) is -1.88. The maximum Gasteiger partial charge on any atom is 0.230 e. The number of hydrogen-bond donors (Lipinski definition) is 1. The predicted molar refractivity (Wildman–Crippen MR) is 62.3 cm³/mol. The molecule has 0 spiro atoms. The number of hydrogen-bond acceptors (Lipinski definition) is 4. The molecule has 92 valence electrons. The molecule has 2 unspecified atom stereocenters. The molecule has 1 rings (SSSR count). The number of nitriles is 1. The van der Waals surface area contributed by atoms with Crippen LogP contribution in [0.4, 0.5) is 0 Å². The molecule has 16 heavy (non-hydrogen) atoms. The van der Waals surface area contributed by atoms with Gasteiger partial charge in [0.2, 0.25) is 10.0 Å². The molecule has 5 nitrogen and oxygen atoms in total. The summed E-state index contributed by atoms with van der Waals surface area (Å²) in [6.07, 6.45) is 2.65. The molecule has 0 aromatic carbocycles. The van der Waals surface area contributed by atoms with Gasteiger partial charge in [0.1, 0.15) is 0 Å². The lowest BCUT2D eigenvalue weighted by atomic mass is 10.1. The van der Waals surface area contributed by atoms with Gasteiger partial charge < -0.3 is 5.32 Å². The van der Waals surface area contributed by atoms with E-state index in [0.29, 0.717) is 0 Å². The zero-order chi connectivity index (χ0) is 12.2. The fraction of sp³-hybridized carbons (Fsp3) is 0.900. The summed E-state index contributed by atoms with van der Waals surface area (Å²) in [5.74, 6) is 0. The van der Waals surface area contributed by atoms with E-state index < -0.39 is 15.3 Å². The predicted octanol–water partition coefficient (Wildman–Crippen LogP) is 0.302. The van der Waals surface area contributed by atoms with E-state index in [9.17, 15) is 8.42 Å². The van der Waals surface area contributed by atoms with Gasteiger partial charge in [-0.05, 0) is 39.3 Å². The Hall–Kier alpha value is -0.640. The lowest BCUT2D eigenvalue weighted by Gasteiger charge is -2.27. The van der Waals surface area contributed by atoms with Crippen LogP contribution in [-0.4, -0.2) is 44.2 Å². The van der Waals surface area contributed by atoms with Gasteiger partial charge in [-0.1, -0.05) is 0 Å². The second-order valence-electron chi connectivity index (χ2n) is 4.17. The molecule has 6 heteroatoms. The molecule has 1 saturated heterocycles.